The fourth-order valence-electron chi connectivity index (χ4n) is 1.80. The summed E-state index contributed by atoms with van der Waals surface area (Å²) in [6.07, 6.45) is 0. The Kier molecular flexibility index (Phi) is 5.17. The predicted octanol–water partition coefficient (Wildman–Crippen LogP) is 3.57. The molecule has 3 nitrogen and oxygen atoms in total. The lowest BCUT2D eigenvalue weighted by Gasteiger charge is -2.17. The van der Waals surface area contributed by atoms with E-state index in [1.807, 2.05) is 30.3 Å². The van der Waals surface area contributed by atoms with Gasteiger partial charge in [0.25, 0.3) is 5.91 Å². The van der Waals surface area contributed by atoms with Crippen molar-refractivity contribution < 1.29 is 9.90 Å². The highest BCUT2D eigenvalue weighted by molar-refractivity contribution is 9.10. The van der Waals surface area contributed by atoms with Crippen LogP contribution in [-0.4, -0.2) is 17.6 Å². The van der Waals surface area contributed by atoms with Crippen molar-refractivity contribution in [1.82, 2.24) is 5.32 Å². The molecule has 2 aromatic carbocycles. The minimum atomic E-state index is -0.439. The first kappa shape index (κ1) is 15.0. The first-order chi connectivity index (χ1) is 9.61. The summed E-state index contributed by atoms with van der Waals surface area (Å²) in [5.41, 5.74) is 1.30. The average Bonchev–Trinajstić information content (AvgIpc) is 2.48. The van der Waals surface area contributed by atoms with E-state index in [2.05, 4.69) is 21.2 Å². The van der Waals surface area contributed by atoms with E-state index < -0.39 is 6.04 Å². The Labute approximate surface area is 130 Å². The molecule has 0 fully saturated rings. The standard InChI is InChI=1S/C15H13BrClNO2/c16-12-7-6-11(8-13(12)17)15(20)18-14(9-19)10-4-2-1-3-5-10/h1-8,14,19H,9H2,(H,18,20). The Hall–Kier alpha value is -1.36. The monoisotopic (exact) mass is 353 g/mol. The number of nitrogens with one attached hydrogen (secondary N) is 1. The van der Waals surface area contributed by atoms with Gasteiger partial charge in [-0.2, -0.15) is 0 Å². The first-order valence-electron chi connectivity index (χ1n) is 6.03. The number of aliphatic hydroxyl groups is 1. The number of benzene rings is 2. The van der Waals surface area contributed by atoms with E-state index in [9.17, 15) is 9.90 Å². The van der Waals surface area contributed by atoms with E-state index >= 15 is 0 Å². The van der Waals surface area contributed by atoms with Gasteiger partial charge in [-0.1, -0.05) is 41.9 Å². The molecule has 0 spiro atoms. The van der Waals surface area contributed by atoms with Gasteiger partial charge in [0.1, 0.15) is 0 Å². The maximum Gasteiger partial charge on any atom is 0.251 e. The highest BCUT2D eigenvalue weighted by Crippen LogP contribution is 2.23. The number of carbonyl (C=O) groups is 1. The molecule has 20 heavy (non-hydrogen) atoms. The zero-order valence-electron chi connectivity index (χ0n) is 10.5. The van der Waals surface area contributed by atoms with Crippen LogP contribution in [0.4, 0.5) is 0 Å². The second kappa shape index (κ2) is 6.88. The van der Waals surface area contributed by atoms with Crippen LogP contribution in [0, 0.1) is 0 Å². The smallest absolute Gasteiger partial charge is 0.251 e. The third-order valence-electron chi connectivity index (χ3n) is 2.87. The van der Waals surface area contributed by atoms with Crippen molar-refractivity contribution in [1.29, 1.82) is 0 Å². The maximum absolute atomic E-state index is 12.2. The molecule has 0 aliphatic rings. The molecule has 0 aliphatic carbocycles. The van der Waals surface area contributed by atoms with Crippen LogP contribution in [0.5, 0.6) is 0 Å². The van der Waals surface area contributed by atoms with Crippen molar-refractivity contribution in [2.45, 2.75) is 6.04 Å². The molecule has 0 saturated carbocycles. The second-order valence-corrected chi connectivity index (χ2v) is 5.51. The van der Waals surface area contributed by atoms with E-state index in [1.165, 1.54) is 0 Å². The van der Waals surface area contributed by atoms with Gasteiger partial charge in [-0.05, 0) is 39.7 Å². The molecule has 0 aromatic heterocycles. The Morgan fingerprint density at radius 1 is 1.25 bits per heavy atom. The zero-order valence-corrected chi connectivity index (χ0v) is 12.9. The van der Waals surface area contributed by atoms with Crippen LogP contribution in [-0.2, 0) is 0 Å². The van der Waals surface area contributed by atoms with Gasteiger partial charge in [0.2, 0.25) is 0 Å². The van der Waals surface area contributed by atoms with Gasteiger partial charge in [-0.15, -0.1) is 0 Å². The Balaban J connectivity index is 2.15. The van der Waals surface area contributed by atoms with E-state index in [0.717, 1.165) is 10.0 Å². The lowest BCUT2D eigenvalue weighted by atomic mass is 10.1. The molecule has 0 heterocycles. The summed E-state index contributed by atoms with van der Waals surface area (Å²) in [5, 5.41) is 12.7. The number of halogens is 2. The Morgan fingerprint density at radius 2 is 1.95 bits per heavy atom. The molecular formula is C15H13BrClNO2. The summed E-state index contributed by atoms with van der Waals surface area (Å²) in [6.45, 7) is -0.167. The fraction of sp³-hybridized carbons (Fsp3) is 0.133. The number of aliphatic hydroxyl groups excluding tert-OH is 1. The molecule has 2 aromatic rings. The van der Waals surface area contributed by atoms with Crippen LogP contribution in [0.3, 0.4) is 0 Å². The normalized spacial score (nSPS) is 11.9. The highest BCUT2D eigenvalue weighted by atomic mass is 79.9. The van der Waals surface area contributed by atoms with Crippen molar-refractivity contribution in [3.63, 3.8) is 0 Å². The average molecular weight is 355 g/mol. The largest absolute Gasteiger partial charge is 0.394 e. The molecule has 1 unspecified atom stereocenters. The molecule has 0 aliphatic heterocycles. The van der Waals surface area contributed by atoms with Crippen molar-refractivity contribution >= 4 is 33.4 Å². The summed E-state index contributed by atoms with van der Waals surface area (Å²) < 4.78 is 0.734. The van der Waals surface area contributed by atoms with Gasteiger partial charge in [0, 0.05) is 10.0 Å². The number of hydrogen-bond donors (Lipinski definition) is 2. The van der Waals surface area contributed by atoms with Crippen LogP contribution in [0.2, 0.25) is 5.02 Å². The van der Waals surface area contributed by atoms with Crippen LogP contribution >= 0.6 is 27.5 Å². The molecule has 0 bridgehead atoms. The first-order valence-corrected chi connectivity index (χ1v) is 7.20. The van der Waals surface area contributed by atoms with Gasteiger partial charge in [-0.3, -0.25) is 4.79 Å². The molecule has 2 N–H and O–H groups in total. The van der Waals surface area contributed by atoms with E-state index in [0.29, 0.717) is 10.6 Å². The van der Waals surface area contributed by atoms with Gasteiger partial charge in [0.15, 0.2) is 0 Å². The van der Waals surface area contributed by atoms with Crippen LogP contribution in [0.25, 0.3) is 0 Å². The summed E-state index contributed by atoms with van der Waals surface area (Å²) in [6, 6.07) is 13.9. The molecule has 0 radical (unpaired) electrons. The summed E-state index contributed by atoms with van der Waals surface area (Å²) in [5.74, 6) is -0.276. The van der Waals surface area contributed by atoms with Gasteiger partial charge in [-0.25, -0.2) is 0 Å². The zero-order chi connectivity index (χ0) is 14.5. The molecule has 1 atom stereocenters. The van der Waals surface area contributed by atoms with Gasteiger partial charge >= 0.3 is 0 Å². The quantitative estimate of drug-likeness (QED) is 0.882. The summed E-state index contributed by atoms with van der Waals surface area (Å²) >= 11 is 9.25. The van der Waals surface area contributed by atoms with Crippen LogP contribution in [0.1, 0.15) is 22.0 Å². The van der Waals surface area contributed by atoms with E-state index in [4.69, 9.17) is 11.6 Å². The van der Waals surface area contributed by atoms with Crippen molar-refractivity contribution in [2.75, 3.05) is 6.61 Å². The Bertz CT molecular complexity index is 604. The highest BCUT2D eigenvalue weighted by Gasteiger charge is 2.15. The number of rotatable bonds is 4. The maximum atomic E-state index is 12.2. The topological polar surface area (TPSA) is 49.3 Å². The Morgan fingerprint density at radius 3 is 2.55 bits per heavy atom. The molecule has 0 saturated heterocycles. The molecular weight excluding hydrogens is 342 g/mol. The second-order valence-electron chi connectivity index (χ2n) is 4.25. The van der Waals surface area contributed by atoms with E-state index in [1.54, 1.807) is 18.2 Å². The van der Waals surface area contributed by atoms with Crippen molar-refractivity contribution in [3.8, 4) is 0 Å². The predicted molar refractivity (Wildman–Crippen MR) is 82.9 cm³/mol. The lowest BCUT2D eigenvalue weighted by Crippen LogP contribution is -2.30. The van der Waals surface area contributed by atoms with Gasteiger partial charge in [0.05, 0.1) is 17.7 Å². The number of amides is 1. The van der Waals surface area contributed by atoms with E-state index in [-0.39, 0.29) is 12.5 Å². The fourth-order valence-corrected chi connectivity index (χ4v) is 2.23. The lowest BCUT2D eigenvalue weighted by molar-refractivity contribution is 0.0916. The summed E-state index contributed by atoms with van der Waals surface area (Å²) in [4.78, 5) is 12.2. The third kappa shape index (κ3) is 3.60. The minimum absolute atomic E-state index is 0.167. The van der Waals surface area contributed by atoms with Crippen LogP contribution in [0.15, 0.2) is 53.0 Å². The summed E-state index contributed by atoms with van der Waals surface area (Å²) in [7, 11) is 0. The number of carbonyl (C=O) groups excluding carboxylic acids is 1. The molecule has 2 rings (SSSR count). The number of hydrogen-bond acceptors (Lipinski definition) is 2. The molecule has 104 valence electrons. The third-order valence-corrected chi connectivity index (χ3v) is 4.10. The molecule has 5 heteroatoms. The molecule has 1 amide bonds. The SMILES string of the molecule is O=C(NC(CO)c1ccccc1)c1ccc(Br)c(Cl)c1. The van der Waals surface area contributed by atoms with Crippen molar-refractivity contribution in [3.05, 3.63) is 69.2 Å². The minimum Gasteiger partial charge on any atom is -0.394 e. The van der Waals surface area contributed by atoms with Gasteiger partial charge < -0.3 is 10.4 Å². The van der Waals surface area contributed by atoms with Crippen molar-refractivity contribution in [2.24, 2.45) is 0 Å². The van der Waals surface area contributed by atoms with Crippen LogP contribution < -0.4 is 5.32 Å².